The molecule has 7 heteroatoms. The van der Waals surface area contributed by atoms with Gasteiger partial charge in [-0.2, -0.15) is 0 Å². The van der Waals surface area contributed by atoms with Crippen LogP contribution < -0.4 is 10.2 Å². The zero-order valence-electron chi connectivity index (χ0n) is 16.0. The normalized spacial score (nSPS) is 19.1. The van der Waals surface area contributed by atoms with E-state index in [2.05, 4.69) is 31.9 Å². The first-order valence-corrected chi connectivity index (χ1v) is 10.7. The highest BCUT2D eigenvalue weighted by Crippen LogP contribution is 2.42. The number of carbonyl (C=O) groups excluding carboxylic acids is 1. The maximum absolute atomic E-state index is 12.6. The lowest BCUT2D eigenvalue weighted by Gasteiger charge is -2.31. The first-order chi connectivity index (χ1) is 13.1. The lowest BCUT2D eigenvalue weighted by Crippen LogP contribution is -2.34. The van der Waals surface area contributed by atoms with Gasteiger partial charge in [0.05, 0.1) is 5.25 Å². The summed E-state index contributed by atoms with van der Waals surface area (Å²) in [6.07, 6.45) is 4.76. The molecule has 2 aromatic rings. The molecule has 6 nitrogen and oxygen atoms in total. The Morgan fingerprint density at radius 3 is 2.52 bits per heavy atom. The Labute approximate surface area is 164 Å². The Balaban J connectivity index is 1.46. The van der Waals surface area contributed by atoms with Crippen LogP contribution in [0.1, 0.15) is 45.6 Å². The maximum Gasteiger partial charge on any atom is 0.237 e. The van der Waals surface area contributed by atoms with E-state index >= 15 is 0 Å². The van der Waals surface area contributed by atoms with Crippen molar-refractivity contribution in [2.45, 2.75) is 56.0 Å². The van der Waals surface area contributed by atoms with E-state index in [9.17, 15) is 4.79 Å². The van der Waals surface area contributed by atoms with Gasteiger partial charge in [0.25, 0.3) is 0 Å². The van der Waals surface area contributed by atoms with Crippen LogP contribution >= 0.6 is 11.8 Å². The van der Waals surface area contributed by atoms with Crippen LogP contribution in [0.3, 0.4) is 0 Å². The molecule has 1 saturated carbocycles. The monoisotopic (exact) mass is 385 g/mol. The summed E-state index contributed by atoms with van der Waals surface area (Å²) < 4.78 is 2.27. The Morgan fingerprint density at radius 2 is 1.85 bits per heavy atom. The standard InChI is InChI=1S/C20H27N5OS/c1-14-10-12-24(13-11-14)19-22-23-20(25(19)17-8-9-17)27-15(2)18(26)21-16-6-4-3-5-7-16/h3-7,14-15,17H,8-13H2,1-2H3,(H,21,26)/t15-/m1/s1. The molecule has 0 bridgehead atoms. The maximum atomic E-state index is 12.6. The number of hydrogen-bond donors (Lipinski definition) is 1. The summed E-state index contributed by atoms with van der Waals surface area (Å²) in [5.74, 6) is 1.77. The van der Waals surface area contributed by atoms with Crippen LogP contribution in [0.15, 0.2) is 35.5 Å². The number of nitrogens with zero attached hydrogens (tertiary/aromatic N) is 4. The van der Waals surface area contributed by atoms with Crippen molar-refractivity contribution < 1.29 is 4.79 Å². The molecule has 0 unspecified atom stereocenters. The smallest absolute Gasteiger partial charge is 0.237 e. The fourth-order valence-electron chi connectivity index (χ4n) is 3.40. The van der Waals surface area contributed by atoms with E-state index in [1.165, 1.54) is 37.4 Å². The highest BCUT2D eigenvalue weighted by molar-refractivity contribution is 8.00. The van der Waals surface area contributed by atoms with E-state index in [0.717, 1.165) is 35.8 Å². The molecule has 0 radical (unpaired) electrons. The van der Waals surface area contributed by atoms with Crippen LogP contribution in [0.2, 0.25) is 0 Å². The second-order valence-electron chi connectivity index (χ2n) is 7.67. The zero-order chi connectivity index (χ0) is 18.8. The van der Waals surface area contributed by atoms with Crippen molar-refractivity contribution >= 4 is 29.3 Å². The number of hydrogen-bond acceptors (Lipinski definition) is 5. The average molecular weight is 386 g/mol. The number of piperidine rings is 1. The summed E-state index contributed by atoms with van der Waals surface area (Å²) in [5.41, 5.74) is 0.821. The minimum Gasteiger partial charge on any atom is -0.341 e. The van der Waals surface area contributed by atoms with Gasteiger partial charge in [-0.05, 0) is 50.7 Å². The van der Waals surface area contributed by atoms with Gasteiger partial charge in [0.1, 0.15) is 0 Å². The molecule has 1 saturated heterocycles. The average Bonchev–Trinajstić information content (AvgIpc) is 3.43. The number of anilines is 2. The van der Waals surface area contributed by atoms with Gasteiger partial charge in [0, 0.05) is 24.8 Å². The number of carbonyl (C=O) groups is 1. The van der Waals surface area contributed by atoms with E-state index in [1.807, 2.05) is 37.3 Å². The molecule has 1 aromatic heterocycles. The van der Waals surface area contributed by atoms with Gasteiger partial charge in [-0.25, -0.2) is 0 Å². The molecule has 1 amide bonds. The first-order valence-electron chi connectivity index (χ1n) is 9.84. The molecule has 2 heterocycles. The third-order valence-electron chi connectivity index (χ3n) is 5.32. The molecular formula is C20H27N5OS. The third-order valence-corrected chi connectivity index (χ3v) is 6.37. The van der Waals surface area contributed by atoms with Crippen molar-refractivity contribution in [2.24, 2.45) is 5.92 Å². The van der Waals surface area contributed by atoms with Crippen molar-refractivity contribution in [3.63, 3.8) is 0 Å². The largest absolute Gasteiger partial charge is 0.341 e. The van der Waals surface area contributed by atoms with Gasteiger partial charge < -0.3 is 10.2 Å². The van der Waals surface area contributed by atoms with Crippen molar-refractivity contribution in [1.29, 1.82) is 0 Å². The van der Waals surface area contributed by atoms with Gasteiger partial charge >= 0.3 is 0 Å². The Morgan fingerprint density at radius 1 is 1.15 bits per heavy atom. The van der Waals surface area contributed by atoms with Crippen LogP contribution in [-0.4, -0.2) is 39.0 Å². The van der Waals surface area contributed by atoms with Crippen molar-refractivity contribution in [1.82, 2.24) is 14.8 Å². The lowest BCUT2D eigenvalue weighted by molar-refractivity contribution is -0.115. The van der Waals surface area contributed by atoms with Crippen LogP contribution in [0.4, 0.5) is 11.6 Å². The lowest BCUT2D eigenvalue weighted by atomic mass is 10.00. The molecule has 27 heavy (non-hydrogen) atoms. The fourth-order valence-corrected chi connectivity index (χ4v) is 4.32. The van der Waals surface area contributed by atoms with Crippen molar-refractivity contribution in [3.8, 4) is 0 Å². The van der Waals surface area contributed by atoms with Gasteiger partial charge in [0.15, 0.2) is 5.16 Å². The summed E-state index contributed by atoms with van der Waals surface area (Å²) in [7, 11) is 0. The second-order valence-corrected chi connectivity index (χ2v) is 8.98. The number of nitrogens with one attached hydrogen (secondary N) is 1. The topological polar surface area (TPSA) is 63.1 Å². The molecule has 2 aliphatic rings. The van der Waals surface area contributed by atoms with E-state index in [-0.39, 0.29) is 11.2 Å². The molecule has 1 aliphatic carbocycles. The quantitative estimate of drug-likeness (QED) is 0.763. The minimum atomic E-state index is -0.235. The van der Waals surface area contributed by atoms with E-state index in [1.54, 1.807) is 0 Å². The van der Waals surface area contributed by atoms with E-state index < -0.39 is 0 Å². The molecule has 1 aromatic carbocycles. The Bertz CT molecular complexity index is 781. The summed E-state index contributed by atoms with van der Waals surface area (Å²) in [6.45, 7) is 6.33. The summed E-state index contributed by atoms with van der Waals surface area (Å²) >= 11 is 1.50. The number of aromatic nitrogens is 3. The first kappa shape index (κ1) is 18.3. The predicted molar refractivity (Wildman–Crippen MR) is 109 cm³/mol. The highest BCUT2D eigenvalue weighted by atomic mass is 32.2. The molecule has 4 rings (SSSR count). The van der Waals surface area contributed by atoms with Crippen molar-refractivity contribution in [2.75, 3.05) is 23.3 Å². The zero-order valence-corrected chi connectivity index (χ0v) is 16.8. The molecular weight excluding hydrogens is 358 g/mol. The van der Waals surface area contributed by atoms with Gasteiger partial charge in [-0.1, -0.05) is 36.9 Å². The van der Waals surface area contributed by atoms with Crippen LogP contribution in [0.5, 0.6) is 0 Å². The Kier molecular flexibility index (Phi) is 5.38. The van der Waals surface area contributed by atoms with Gasteiger partial charge in [-0.15, -0.1) is 10.2 Å². The second kappa shape index (κ2) is 7.92. The molecule has 1 atom stereocenters. The van der Waals surface area contributed by atoms with Gasteiger partial charge in [0.2, 0.25) is 11.9 Å². The fraction of sp³-hybridized carbons (Fsp3) is 0.550. The summed E-state index contributed by atoms with van der Waals surface area (Å²) in [6, 6.07) is 10.1. The summed E-state index contributed by atoms with van der Waals surface area (Å²) in [4.78, 5) is 14.9. The van der Waals surface area contributed by atoms with E-state index in [0.29, 0.717) is 6.04 Å². The number of thioether (sulfide) groups is 1. The number of para-hydroxylation sites is 1. The SMILES string of the molecule is CC1CCN(c2nnc(S[C@H](C)C(=O)Nc3ccccc3)n2C2CC2)CC1. The molecule has 1 aliphatic heterocycles. The number of benzene rings is 1. The molecule has 2 fully saturated rings. The van der Waals surface area contributed by atoms with Crippen LogP contribution in [0.25, 0.3) is 0 Å². The van der Waals surface area contributed by atoms with E-state index in [4.69, 9.17) is 0 Å². The van der Waals surface area contributed by atoms with Crippen LogP contribution in [0, 0.1) is 5.92 Å². The third kappa shape index (κ3) is 4.29. The van der Waals surface area contributed by atoms with Gasteiger partial charge in [-0.3, -0.25) is 9.36 Å². The summed E-state index contributed by atoms with van der Waals surface area (Å²) in [5, 5.41) is 12.6. The molecule has 0 spiro atoms. The molecule has 1 N–H and O–H groups in total. The minimum absolute atomic E-state index is 0.00936. The van der Waals surface area contributed by atoms with Crippen LogP contribution in [-0.2, 0) is 4.79 Å². The predicted octanol–water partition coefficient (Wildman–Crippen LogP) is 3.97. The molecule has 144 valence electrons. The highest BCUT2D eigenvalue weighted by Gasteiger charge is 2.33. The number of amides is 1. The van der Waals surface area contributed by atoms with Crippen molar-refractivity contribution in [3.05, 3.63) is 30.3 Å². The Hall–Kier alpha value is -2.02. The number of rotatable bonds is 6.